The molecule has 2 unspecified atom stereocenters. The topological polar surface area (TPSA) is 78.6 Å². The van der Waals surface area contributed by atoms with Gasteiger partial charge in [-0.2, -0.15) is 0 Å². The first kappa shape index (κ1) is 23.4. The molecule has 7 nitrogen and oxygen atoms in total. The Morgan fingerprint density at radius 2 is 2.03 bits per heavy atom. The molecule has 0 amide bonds. The van der Waals surface area contributed by atoms with Gasteiger partial charge in [-0.25, -0.2) is 19.3 Å². The second-order valence-electron chi connectivity index (χ2n) is 8.67. The van der Waals surface area contributed by atoms with Crippen molar-refractivity contribution in [1.29, 1.82) is 0 Å². The summed E-state index contributed by atoms with van der Waals surface area (Å²) >= 11 is 5.98. The van der Waals surface area contributed by atoms with Crippen LogP contribution < -0.4 is 10.3 Å². The van der Waals surface area contributed by atoms with E-state index in [4.69, 9.17) is 26.1 Å². The maximum Gasteiger partial charge on any atom is 0.261 e. The summed E-state index contributed by atoms with van der Waals surface area (Å²) in [6.45, 7) is 4.02. The van der Waals surface area contributed by atoms with Crippen LogP contribution in [-0.2, 0) is 4.74 Å². The van der Waals surface area contributed by atoms with Crippen molar-refractivity contribution in [2.75, 3.05) is 13.7 Å². The van der Waals surface area contributed by atoms with E-state index >= 15 is 0 Å². The number of benzene rings is 1. The summed E-state index contributed by atoms with van der Waals surface area (Å²) in [6.07, 6.45) is 4.59. The molecule has 2 atom stereocenters. The number of aryl methyl sites for hydroxylation is 1. The fourth-order valence-corrected chi connectivity index (χ4v) is 4.61. The van der Waals surface area contributed by atoms with Gasteiger partial charge in [0, 0.05) is 52.8 Å². The Labute approximate surface area is 206 Å². The van der Waals surface area contributed by atoms with Gasteiger partial charge in [-0.05, 0) is 56.5 Å². The third kappa shape index (κ3) is 4.39. The minimum absolute atomic E-state index is 0.0140. The fraction of sp³-hybridized carbons (Fsp3) is 0.308. The van der Waals surface area contributed by atoms with E-state index in [1.807, 2.05) is 12.1 Å². The number of hydrogen-bond donors (Lipinski definition) is 0. The Bertz CT molecular complexity index is 1490. The molecule has 1 saturated heterocycles. The van der Waals surface area contributed by atoms with Crippen LogP contribution in [0, 0.1) is 19.7 Å². The lowest BCUT2D eigenvalue weighted by Crippen LogP contribution is -2.24. The van der Waals surface area contributed by atoms with E-state index < -0.39 is 5.82 Å². The van der Waals surface area contributed by atoms with E-state index in [1.165, 1.54) is 10.5 Å². The Hall–Kier alpha value is -3.36. The lowest BCUT2D eigenvalue weighted by molar-refractivity contribution is 0.00442. The molecule has 0 N–H and O–H groups in total. The van der Waals surface area contributed by atoms with E-state index in [-0.39, 0.29) is 28.2 Å². The number of pyridine rings is 1. The fourth-order valence-electron chi connectivity index (χ4n) is 4.45. The first-order chi connectivity index (χ1) is 16.9. The molecule has 0 spiro atoms. The van der Waals surface area contributed by atoms with Crippen LogP contribution >= 0.6 is 11.6 Å². The largest absolute Gasteiger partial charge is 0.481 e. The number of nitrogens with zero attached hydrogens (tertiary/aromatic N) is 4. The smallest absolute Gasteiger partial charge is 0.261 e. The van der Waals surface area contributed by atoms with E-state index in [0.717, 1.165) is 5.56 Å². The molecule has 1 fully saturated rings. The quantitative estimate of drug-likeness (QED) is 0.388. The van der Waals surface area contributed by atoms with Gasteiger partial charge in [0.2, 0.25) is 5.88 Å². The molecule has 1 aromatic carbocycles. The Morgan fingerprint density at radius 1 is 1.20 bits per heavy atom. The average molecular weight is 495 g/mol. The van der Waals surface area contributed by atoms with Gasteiger partial charge in [-0.1, -0.05) is 11.6 Å². The molecular formula is C26H24ClFN4O3. The van der Waals surface area contributed by atoms with Gasteiger partial charge in [0.05, 0.1) is 18.9 Å². The van der Waals surface area contributed by atoms with E-state index in [2.05, 4.69) is 9.97 Å². The van der Waals surface area contributed by atoms with E-state index in [9.17, 15) is 9.18 Å². The zero-order chi connectivity index (χ0) is 24.7. The summed E-state index contributed by atoms with van der Waals surface area (Å²) in [4.78, 5) is 26.8. The van der Waals surface area contributed by atoms with Crippen molar-refractivity contribution in [1.82, 2.24) is 19.4 Å². The Kier molecular flexibility index (Phi) is 6.25. The third-order valence-corrected chi connectivity index (χ3v) is 6.76. The summed E-state index contributed by atoms with van der Waals surface area (Å²) in [5.74, 6) is -0.0220. The molecule has 0 radical (unpaired) electrons. The van der Waals surface area contributed by atoms with Crippen molar-refractivity contribution < 1.29 is 13.9 Å². The second kappa shape index (κ2) is 9.36. The van der Waals surface area contributed by atoms with Gasteiger partial charge in [0.25, 0.3) is 5.56 Å². The van der Waals surface area contributed by atoms with Crippen LogP contribution in [0.5, 0.6) is 5.88 Å². The first-order valence-corrected chi connectivity index (χ1v) is 11.7. The minimum Gasteiger partial charge on any atom is -0.481 e. The van der Waals surface area contributed by atoms with Gasteiger partial charge >= 0.3 is 0 Å². The number of ether oxygens (including phenoxy) is 2. The van der Waals surface area contributed by atoms with Crippen LogP contribution in [0.4, 0.5) is 4.39 Å². The lowest BCUT2D eigenvalue weighted by Gasteiger charge is -2.30. The molecule has 1 aliphatic rings. The minimum atomic E-state index is -0.523. The summed E-state index contributed by atoms with van der Waals surface area (Å²) in [5.41, 5.74) is 3.42. The molecule has 35 heavy (non-hydrogen) atoms. The summed E-state index contributed by atoms with van der Waals surface area (Å²) in [5, 5.41) is 0.281. The zero-order valence-corrected chi connectivity index (χ0v) is 20.3. The molecule has 1 aliphatic heterocycles. The third-order valence-electron chi connectivity index (χ3n) is 6.53. The van der Waals surface area contributed by atoms with Crippen LogP contribution in [0.2, 0.25) is 5.02 Å². The molecule has 4 heterocycles. The van der Waals surface area contributed by atoms with Crippen LogP contribution in [0.25, 0.3) is 16.9 Å². The Morgan fingerprint density at radius 3 is 2.80 bits per heavy atom. The van der Waals surface area contributed by atoms with Crippen LogP contribution in [0.15, 0.2) is 47.5 Å². The second-order valence-corrected chi connectivity index (χ2v) is 9.11. The summed E-state index contributed by atoms with van der Waals surface area (Å²) in [7, 11) is 1.57. The monoisotopic (exact) mass is 494 g/mol. The number of rotatable bonds is 4. The predicted octanol–water partition coefficient (Wildman–Crippen LogP) is 5.20. The van der Waals surface area contributed by atoms with E-state index in [1.54, 1.807) is 45.5 Å². The highest BCUT2D eigenvalue weighted by Crippen LogP contribution is 2.38. The Balaban J connectivity index is 1.64. The van der Waals surface area contributed by atoms with Gasteiger partial charge in [0.15, 0.2) is 5.65 Å². The van der Waals surface area contributed by atoms with E-state index in [0.29, 0.717) is 53.6 Å². The van der Waals surface area contributed by atoms with Crippen molar-refractivity contribution in [3.63, 3.8) is 0 Å². The average Bonchev–Trinajstić information content (AvgIpc) is 2.87. The molecule has 9 heteroatoms. The maximum absolute atomic E-state index is 15.0. The molecular weight excluding hydrogens is 471 g/mol. The van der Waals surface area contributed by atoms with Crippen LogP contribution in [0.1, 0.15) is 47.4 Å². The highest BCUT2D eigenvalue weighted by molar-refractivity contribution is 6.30. The van der Waals surface area contributed by atoms with Crippen molar-refractivity contribution in [2.24, 2.45) is 0 Å². The van der Waals surface area contributed by atoms with Gasteiger partial charge in [-0.3, -0.25) is 9.20 Å². The summed E-state index contributed by atoms with van der Waals surface area (Å²) < 4.78 is 27.8. The molecule has 0 saturated carbocycles. The number of aromatic nitrogens is 4. The molecule has 180 valence electrons. The van der Waals surface area contributed by atoms with Gasteiger partial charge < -0.3 is 9.47 Å². The lowest BCUT2D eigenvalue weighted by atomic mass is 9.89. The maximum atomic E-state index is 15.0. The number of fused-ring (bicyclic) bond motifs is 1. The highest BCUT2D eigenvalue weighted by Gasteiger charge is 2.28. The number of halogens is 2. The SMILES string of the molecule is COc1cc(C2CC(c3cn4c(=O)c(C)c(C)nc4c(-c4ccc(Cl)cc4F)n3)CCO2)ccn1. The van der Waals surface area contributed by atoms with Crippen molar-refractivity contribution in [3.8, 4) is 17.1 Å². The molecule has 0 bridgehead atoms. The van der Waals surface area contributed by atoms with Gasteiger partial charge in [-0.15, -0.1) is 0 Å². The molecule has 5 rings (SSSR count). The molecule has 0 aliphatic carbocycles. The molecule has 4 aromatic rings. The van der Waals surface area contributed by atoms with Crippen LogP contribution in [-0.4, -0.2) is 33.1 Å². The van der Waals surface area contributed by atoms with Crippen molar-refractivity contribution >= 4 is 17.2 Å². The number of hydrogen-bond acceptors (Lipinski definition) is 6. The number of methoxy groups -OCH3 is 1. The van der Waals surface area contributed by atoms with Crippen molar-refractivity contribution in [2.45, 2.75) is 38.7 Å². The predicted molar refractivity (Wildman–Crippen MR) is 131 cm³/mol. The van der Waals surface area contributed by atoms with Gasteiger partial charge in [0.1, 0.15) is 11.5 Å². The van der Waals surface area contributed by atoms with Crippen LogP contribution in [0.3, 0.4) is 0 Å². The molecule has 3 aromatic heterocycles. The zero-order valence-electron chi connectivity index (χ0n) is 19.6. The highest BCUT2D eigenvalue weighted by atomic mass is 35.5. The van der Waals surface area contributed by atoms with Crippen molar-refractivity contribution in [3.05, 3.63) is 86.4 Å². The standard InChI is InChI=1S/C26H24ClFN4O3/c1-14-15(2)30-25-24(19-5-4-18(27)12-20(19)28)31-21(13-32(25)26(14)33)16-7-9-35-22(10-16)17-6-8-29-23(11-17)34-3/h4-6,8,11-13,16,22H,7,9-10H2,1-3H3. The summed E-state index contributed by atoms with van der Waals surface area (Å²) in [6, 6.07) is 8.17. The normalized spacial score (nSPS) is 18.1. The first-order valence-electron chi connectivity index (χ1n) is 11.3.